The second kappa shape index (κ2) is 13.5. The normalized spacial score (nSPS) is 24.7. The number of aliphatic hydroxyl groups is 1. The minimum Gasteiger partial charge on any atom is -0.459 e. The Bertz CT molecular complexity index is 1300. The Morgan fingerprint density at radius 1 is 0.683 bits per heavy atom. The van der Waals surface area contributed by atoms with E-state index in [-0.39, 0.29) is 12.2 Å². The zero-order chi connectivity index (χ0) is 28.6. The maximum atomic E-state index is 13.1. The molecule has 2 saturated heterocycles. The van der Waals surface area contributed by atoms with Crippen molar-refractivity contribution in [3.05, 3.63) is 108 Å². The van der Waals surface area contributed by atoms with E-state index in [1.165, 1.54) is 0 Å². The van der Waals surface area contributed by atoms with Crippen LogP contribution < -0.4 is 0 Å². The lowest BCUT2D eigenvalue weighted by molar-refractivity contribution is -0.265. The minimum atomic E-state index is -1.46. The molecule has 0 amide bonds. The predicted octanol–water partition coefficient (Wildman–Crippen LogP) is 3.87. The van der Waals surface area contributed by atoms with Crippen LogP contribution >= 0.6 is 0 Å². The van der Waals surface area contributed by atoms with Crippen LogP contribution in [0.3, 0.4) is 0 Å². The molecule has 5 rings (SSSR count). The van der Waals surface area contributed by atoms with Crippen molar-refractivity contribution in [3.8, 4) is 0 Å². The van der Waals surface area contributed by atoms with E-state index < -0.39 is 48.6 Å². The molecule has 2 aliphatic heterocycles. The van der Waals surface area contributed by atoms with Crippen LogP contribution in [0.1, 0.15) is 50.3 Å². The number of rotatable bonds is 8. The number of likely N-dealkylation sites (tertiary alicyclic amines) is 1. The highest BCUT2D eigenvalue weighted by Gasteiger charge is 2.52. The number of carbonyl (C=O) groups is 3. The number of carbonyl (C=O) groups excluding carboxylic acids is 3. The van der Waals surface area contributed by atoms with Gasteiger partial charge in [0.05, 0.1) is 16.7 Å². The molecule has 9 heteroatoms. The van der Waals surface area contributed by atoms with E-state index in [4.69, 9.17) is 18.9 Å². The van der Waals surface area contributed by atoms with E-state index in [1.54, 1.807) is 91.0 Å². The summed E-state index contributed by atoms with van der Waals surface area (Å²) >= 11 is 0. The van der Waals surface area contributed by atoms with Crippen molar-refractivity contribution in [1.82, 2.24) is 4.90 Å². The minimum absolute atomic E-state index is 0.274. The van der Waals surface area contributed by atoms with Gasteiger partial charge in [-0.15, -0.1) is 0 Å². The third-order valence-electron chi connectivity index (χ3n) is 7.28. The molecule has 2 heterocycles. The smallest absolute Gasteiger partial charge is 0.338 e. The van der Waals surface area contributed by atoms with Crippen LogP contribution in [0.2, 0.25) is 0 Å². The Morgan fingerprint density at radius 3 is 1.66 bits per heavy atom. The van der Waals surface area contributed by atoms with Crippen molar-refractivity contribution < 1.29 is 38.4 Å². The van der Waals surface area contributed by atoms with Crippen LogP contribution in [0.15, 0.2) is 91.0 Å². The summed E-state index contributed by atoms with van der Waals surface area (Å²) in [6.45, 7) is 1.05. The van der Waals surface area contributed by atoms with Gasteiger partial charge in [0.2, 0.25) is 0 Å². The molecule has 0 radical (unpaired) electrons. The molecule has 3 aromatic rings. The van der Waals surface area contributed by atoms with E-state index >= 15 is 0 Å². The summed E-state index contributed by atoms with van der Waals surface area (Å²) in [4.78, 5) is 40.9. The van der Waals surface area contributed by atoms with E-state index in [1.807, 2.05) is 4.90 Å². The summed E-state index contributed by atoms with van der Waals surface area (Å²) < 4.78 is 23.6. The maximum Gasteiger partial charge on any atom is 0.338 e. The van der Waals surface area contributed by atoms with E-state index in [2.05, 4.69) is 0 Å². The second-order valence-electron chi connectivity index (χ2n) is 10.1. The van der Waals surface area contributed by atoms with Gasteiger partial charge in [0, 0.05) is 13.1 Å². The largest absolute Gasteiger partial charge is 0.459 e. The Kier molecular flexibility index (Phi) is 9.40. The number of esters is 3. The summed E-state index contributed by atoms with van der Waals surface area (Å²) in [5.41, 5.74) is 0.938. The fourth-order valence-corrected chi connectivity index (χ4v) is 5.13. The first kappa shape index (κ1) is 28.5. The molecular formula is C32H33NO8. The molecule has 0 saturated carbocycles. The molecule has 2 aliphatic rings. The lowest BCUT2D eigenvalue weighted by Crippen LogP contribution is -2.65. The highest BCUT2D eigenvalue weighted by Crippen LogP contribution is 2.31. The molecule has 0 aromatic heterocycles. The van der Waals surface area contributed by atoms with Gasteiger partial charge in [-0.05, 0) is 49.2 Å². The van der Waals surface area contributed by atoms with Crippen molar-refractivity contribution in [2.24, 2.45) is 0 Å². The zero-order valence-corrected chi connectivity index (χ0v) is 22.5. The molecule has 3 aromatic carbocycles. The van der Waals surface area contributed by atoms with Gasteiger partial charge in [-0.25, -0.2) is 14.4 Å². The van der Waals surface area contributed by atoms with Gasteiger partial charge in [-0.3, -0.25) is 4.90 Å². The highest BCUT2D eigenvalue weighted by atomic mass is 16.6. The van der Waals surface area contributed by atoms with E-state index in [0.717, 1.165) is 19.3 Å². The number of aliphatic hydroxyl groups excluding tert-OH is 1. The molecular weight excluding hydrogens is 526 g/mol. The van der Waals surface area contributed by atoms with Crippen molar-refractivity contribution in [2.45, 2.75) is 49.9 Å². The first-order chi connectivity index (χ1) is 20.0. The number of ether oxygens (including phenoxy) is 4. The van der Waals surface area contributed by atoms with Gasteiger partial charge >= 0.3 is 17.9 Å². The van der Waals surface area contributed by atoms with Crippen LogP contribution in [-0.4, -0.2) is 78.3 Å². The molecule has 0 bridgehead atoms. The molecule has 0 unspecified atom stereocenters. The molecule has 9 nitrogen and oxygen atoms in total. The summed E-state index contributed by atoms with van der Waals surface area (Å²) in [7, 11) is 0. The summed E-state index contributed by atoms with van der Waals surface area (Å²) in [5.74, 6) is -1.91. The van der Waals surface area contributed by atoms with Gasteiger partial charge in [-0.1, -0.05) is 61.0 Å². The van der Waals surface area contributed by atoms with Gasteiger partial charge < -0.3 is 24.1 Å². The van der Waals surface area contributed by atoms with Gasteiger partial charge in [0.25, 0.3) is 0 Å². The predicted molar refractivity (Wildman–Crippen MR) is 148 cm³/mol. The van der Waals surface area contributed by atoms with Crippen molar-refractivity contribution in [3.63, 3.8) is 0 Å². The molecule has 1 N–H and O–H groups in total. The molecule has 5 atom stereocenters. The Labute approximate surface area is 238 Å². The molecule has 41 heavy (non-hydrogen) atoms. The Morgan fingerprint density at radius 2 is 1.15 bits per heavy atom. The number of benzene rings is 3. The fraction of sp³-hybridized carbons (Fsp3) is 0.344. The van der Waals surface area contributed by atoms with Crippen molar-refractivity contribution >= 4 is 17.9 Å². The molecule has 0 aliphatic carbocycles. The third-order valence-corrected chi connectivity index (χ3v) is 7.28. The zero-order valence-electron chi connectivity index (χ0n) is 22.5. The van der Waals surface area contributed by atoms with Crippen molar-refractivity contribution in [2.75, 3.05) is 19.7 Å². The summed E-state index contributed by atoms with van der Waals surface area (Å²) in [5, 5.41) is 11.7. The second-order valence-corrected chi connectivity index (χ2v) is 10.1. The van der Waals surface area contributed by atoms with Gasteiger partial charge in [0.15, 0.2) is 18.4 Å². The quantitative estimate of drug-likeness (QED) is 0.325. The third kappa shape index (κ3) is 7.00. The number of hydrogen-bond donors (Lipinski definition) is 1. The van der Waals surface area contributed by atoms with Crippen LogP contribution in [0.5, 0.6) is 0 Å². The lowest BCUT2D eigenvalue weighted by Gasteiger charge is -2.47. The molecule has 0 spiro atoms. The van der Waals surface area contributed by atoms with Crippen LogP contribution in [0.4, 0.5) is 0 Å². The number of piperidine rings is 1. The fourth-order valence-electron chi connectivity index (χ4n) is 5.13. The van der Waals surface area contributed by atoms with Crippen LogP contribution in [0, 0.1) is 0 Å². The van der Waals surface area contributed by atoms with Gasteiger partial charge in [0.1, 0.15) is 18.8 Å². The highest BCUT2D eigenvalue weighted by molar-refractivity contribution is 5.90. The standard InChI is InChI=1S/C32H33NO8/c34-26-27(40-31(36)23-15-7-2-8-16-23)25(21-38-30(35)22-13-5-1-6-14-22)39-29(33-19-11-4-12-20-33)28(26)41-32(37)24-17-9-3-10-18-24/h1-3,5-10,13-18,25-29,34H,4,11-12,19-21H2/t25-,26+,27-,28-,29-/m1/s1. The Balaban J connectivity index is 1.42. The maximum absolute atomic E-state index is 13.1. The average Bonchev–Trinajstić information content (AvgIpc) is 3.03. The Hall–Kier alpha value is -4.05. The molecule has 214 valence electrons. The first-order valence-corrected chi connectivity index (χ1v) is 13.8. The monoisotopic (exact) mass is 559 g/mol. The average molecular weight is 560 g/mol. The van der Waals surface area contributed by atoms with Crippen LogP contribution in [-0.2, 0) is 18.9 Å². The lowest BCUT2D eigenvalue weighted by atomic mass is 9.95. The number of nitrogens with zero attached hydrogens (tertiary/aromatic N) is 1. The van der Waals surface area contributed by atoms with E-state index in [0.29, 0.717) is 24.2 Å². The summed E-state index contributed by atoms with van der Waals surface area (Å²) in [6.07, 6.45) is -2.91. The SMILES string of the molecule is O=C(OC[C@H]1O[C@@H](N2CCCCC2)[C@H](OC(=O)c2ccccc2)[C@@H](O)[C@@H]1OC(=O)c1ccccc1)c1ccccc1. The topological polar surface area (TPSA) is 112 Å². The summed E-state index contributed by atoms with van der Waals surface area (Å²) in [6, 6.07) is 25.3. The molecule has 2 fully saturated rings. The first-order valence-electron chi connectivity index (χ1n) is 13.8. The van der Waals surface area contributed by atoms with Crippen molar-refractivity contribution in [1.29, 1.82) is 0 Å². The van der Waals surface area contributed by atoms with Gasteiger partial charge in [-0.2, -0.15) is 0 Å². The number of hydrogen-bond acceptors (Lipinski definition) is 9. The van der Waals surface area contributed by atoms with E-state index in [9.17, 15) is 19.5 Å². The van der Waals surface area contributed by atoms with Crippen LogP contribution in [0.25, 0.3) is 0 Å².